The molecule has 0 saturated carbocycles. The summed E-state index contributed by atoms with van der Waals surface area (Å²) in [4.78, 5) is 12.4. The van der Waals surface area contributed by atoms with Gasteiger partial charge in [-0.25, -0.2) is 4.79 Å². The molecule has 28 heavy (non-hydrogen) atoms. The van der Waals surface area contributed by atoms with Gasteiger partial charge in [-0.05, 0) is 11.6 Å². The van der Waals surface area contributed by atoms with Crippen molar-refractivity contribution in [2.75, 3.05) is 13.1 Å². The third-order valence-corrected chi connectivity index (χ3v) is 4.22. The molecule has 2 aromatic rings. The van der Waals surface area contributed by atoms with Crippen molar-refractivity contribution in [2.45, 2.75) is 30.9 Å². The number of nitrogens with zero attached hydrogens (tertiary/aromatic N) is 3. The van der Waals surface area contributed by atoms with Gasteiger partial charge < -0.3 is 9.64 Å². The molecule has 11 heteroatoms. The zero-order valence-electron chi connectivity index (χ0n) is 14.2. The maximum atomic E-state index is 12.5. The number of amides is 1. The largest absolute Gasteiger partial charge is 0.434 e. The molecule has 1 aliphatic heterocycles. The molecule has 0 unspecified atom stereocenters. The van der Waals surface area contributed by atoms with Gasteiger partial charge in [0.25, 0.3) is 6.10 Å². The third kappa shape index (κ3) is 4.57. The van der Waals surface area contributed by atoms with Gasteiger partial charge in [0.05, 0.1) is 12.2 Å². The van der Waals surface area contributed by atoms with Gasteiger partial charge in [0.2, 0.25) is 0 Å². The summed E-state index contributed by atoms with van der Waals surface area (Å²) in [6, 6.07) is 11.2. The maximum Gasteiger partial charge on any atom is 0.434 e. The first-order valence-corrected chi connectivity index (χ1v) is 8.20. The molecule has 1 saturated heterocycles. The minimum atomic E-state index is -5.73. The lowest BCUT2D eigenvalue weighted by Crippen LogP contribution is -2.53. The van der Waals surface area contributed by atoms with Crippen LogP contribution in [-0.4, -0.2) is 52.3 Å². The Kier molecular flexibility index (Phi) is 5.26. The highest BCUT2D eigenvalue weighted by Crippen LogP contribution is 2.37. The van der Waals surface area contributed by atoms with Crippen molar-refractivity contribution in [3.63, 3.8) is 0 Å². The van der Waals surface area contributed by atoms with Gasteiger partial charge in [-0.1, -0.05) is 30.3 Å². The quantitative estimate of drug-likeness (QED) is 0.723. The van der Waals surface area contributed by atoms with E-state index < -0.39 is 24.5 Å². The van der Waals surface area contributed by atoms with Gasteiger partial charge in [0, 0.05) is 25.2 Å². The van der Waals surface area contributed by atoms with E-state index >= 15 is 0 Å². The fourth-order valence-corrected chi connectivity index (χ4v) is 2.76. The maximum absolute atomic E-state index is 12.5. The Hall–Kier alpha value is -2.72. The topological polar surface area (TPSA) is 47.4 Å². The molecule has 1 amide bonds. The number of hydrogen-bond acceptors (Lipinski definition) is 3. The lowest BCUT2D eigenvalue weighted by molar-refractivity contribution is -0.308. The number of carbonyl (C=O) groups excluding carboxylic acids is 1. The standard InChI is InChI=1S/C17H15F6N3O2/c18-16(19,20)14(17(21,22)23)28-15(27)25-9-12(10-25)13-6-7-26(24-13)8-11-4-2-1-3-5-11/h1-7,12,14H,8-10H2/i15-1. The molecule has 0 bridgehead atoms. The Labute approximate surface area is 155 Å². The smallest absolute Gasteiger partial charge is 0.426 e. The summed E-state index contributed by atoms with van der Waals surface area (Å²) in [7, 11) is 0. The predicted molar refractivity (Wildman–Crippen MR) is 84.5 cm³/mol. The molecule has 1 aromatic carbocycles. The minimum absolute atomic E-state index is 0.0659. The average Bonchev–Trinajstić information content (AvgIpc) is 2.98. The van der Waals surface area contributed by atoms with Gasteiger partial charge in [0.15, 0.2) is 0 Å². The van der Waals surface area contributed by atoms with Crippen LogP contribution in [0.15, 0.2) is 42.6 Å². The molecule has 0 spiro atoms. The molecule has 1 aliphatic rings. The average molecular weight is 406 g/mol. The fraction of sp³-hybridized carbons (Fsp3) is 0.412. The van der Waals surface area contributed by atoms with E-state index in [-0.39, 0.29) is 19.0 Å². The Morgan fingerprint density at radius 3 is 2.25 bits per heavy atom. The number of carbonyl (C=O) groups is 1. The van der Waals surface area contributed by atoms with E-state index in [9.17, 15) is 31.1 Å². The van der Waals surface area contributed by atoms with E-state index in [0.717, 1.165) is 10.5 Å². The van der Waals surface area contributed by atoms with Crippen molar-refractivity contribution in [3.8, 4) is 0 Å². The summed E-state index contributed by atoms with van der Waals surface area (Å²) in [6.45, 7) is 0.380. The summed E-state index contributed by atoms with van der Waals surface area (Å²) >= 11 is 0. The number of ether oxygens (including phenoxy) is 1. The number of likely N-dealkylation sites (tertiary alicyclic amines) is 1. The Bertz CT molecular complexity index is 798. The second-order valence-corrected chi connectivity index (χ2v) is 6.37. The molecule has 1 fully saturated rings. The predicted octanol–water partition coefficient (Wildman–Crippen LogP) is 3.96. The first-order valence-electron chi connectivity index (χ1n) is 8.20. The van der Waals surface area contributed by atoms with Crippen LogP contribution in [-0.2, 0) is 11.3 Å². The van der Waals surface area contributed by atoms with Crippen molar-refractivity contribution < 1.29 is 35.9 Å². The van der Waals surface area contributed by atoms with Crippen molar-refractivity contribution in [2.24, 2.45) is 0 Å². The first kappa shape index (κ1) is 20.0. The van der Waals surface area contributed by atoms with Crippen LogP contribution in [0.2, 0.25) is 0 Å². The highest BCUT2D eigenvalue weighted by Gasteiger charge is 2.60. The van der Waals surface area contributed by atoms with Crippen LogP contribution >= 0.6 is 0 Å². The van der Waals surface area contributed by atoms with E-state index in [0.29, 0.717) is 12.2 Å². The van der Waals surface area contributed by atoms with E-state index in [1.165, 1.54) is 0 Å². The van der Waals surface area contributed by atoms with Crippen LogP contribution in [0.4, 0.5) is 31.1 Å². The van der Waals surface area contributed by atoms with E-state index in [1.807, 2.05) is 30.3 Å². The van der Waals surface area contributed by atoms with E-state index in [2.05, 4.69) is 9.84 Å². The number of hydrogen-bond donors (Lipinski definition) is 0. The Balaban J connectivity index is 1.55. The fourth-order valence-electron chi connectivity index (χ4n) is 2.76. The molecule has 3 rings (SSSR count). The Morgan fingerprint density at radius 2 is 1.68 bits per heavy atom. The third-order valence-electron chi connectivity index (χ3n) is 4.22. The Morgan fingerprint density at radius 1 is 1.07 bits per heavy atom. The van der Waals surface area contributed by atoms with Crippen LogP contribution in [0.5, 0.6) is 0 Å². The summed E-state index contributed by atoms with van der Waals surface area (Å²) in [5.41, 5.74) is 1.62. The van der Waals surface area contributed by atoms with Crippen molar-refractivity contribution in [1.82, 2.24) is 14.7 Å². The molecule has 0 radical (unpaired) electrons. The highest BCUT2D eigenvalue weighted by molar-refractivity contribution is 5.69. The SMILES string of the molecule is O=[11C](OC(C(F)(F)F)C(F)(F)F)N1CC(c2ccn(Cc3ccccc3)n2)C1. The van der Waals surface area contributed by atoms with Crippen LogP contribution in [0.25, 0.3) is 0 Å². The summed E-state index contributed by atoms with van der Waals surface area (Å²) < 4.78 is 80.1. The number of rotatable bonds is 4. The molecular formula is C17H15F6N3O2. The van der Waals surface area contributed by atoms with Crippen LogP contribution in [0, 0.1) is 0 Å². The zero-order chi connectivity index (χ0) is 20.5. The second-order valence-electron chi connectivity index (χ2n) is 6.37. The number of aromatic nitrogens is 2. The monoisotopic (exact) mass is 406 g/mol. The number of halogens is 6. The summed E-state index contributed by atoms with van der Waals surface area (Å²) in [5.74, 6) is -0.278. The van der Waals surface area contributed by atoms with E-state index in [1.54, 1.807) is 16.9 Å². The van der Waals surface area contributed by atoms with Crippen molar-refractivity contribution in [3.05, 3.63) is 53.9 Å². The van der Waals surface area contributed by atoms with E-state index in [4.69, 9.17) is 0 Å². The number of alkyl halides is 6. The molecule has 0 atom stereocenters. The lowest BCUT2D eigenvalue weighted by atomic mass is 9.92. The normalized spacial score (nSPS) is 15.6. The van der Waals surface area contributed by atoms with Gasteiger partial charge in [-0.15, -0.1) is 0 Å². The summed E-state index contributed by atoms with van der Waals surface area (Å²) in [6.07, 6.45) is -15.5. The van der Waals surface area contributed by atoms with Crippen LogP contribution in [0.3, 0.4) is 0 Å². The molecule has 152 valence electrons. The molecule has 1 aromatic heterocycles. The zero-order valence-corrected chi connectivity index (χ0v) is 14.2. The molecule has 2 heterocycles. The van der Waals surface area contributed by atoms with Gasteiger partial charge in [-0.3, -0.25) is 4.68 Å². The van der Waals surface area contributed by atoms with Gasteiger partial charge in [0.1, 0.15) is 0 Å². The van der Waals surface area contributed by atoms with Crippen LogP contribution < -0.4 is 0 Å². The summed E-state index contributed by atoms with van der Waals surface area (Å²) in [5, 5.41) is 4.34. The second kappa shape index (κ2) is 7.36. The first-order chi connectivity index (χ1) is 13.0. The van der Waals surface area contributed by atoms with Crippen molar-refractivity contribution in [1.29, 1.82) is 0 Å². The van der Waals surface area contributed by atoms with Crippen molar-refractivity contribution >= 4 is 6.09 Å². The number of benzene rings is 1. The highest BCUT2D eigenvalue weighted by atomic mass is 19.4. The molecule has 0 aliphatic carbocycles. The molecule has 0 N–H and O–H groups in total. The lowest BCUT2D eigenvalue weighted by Gasteiger charge is -2.38. The van der Waals surface area contributed by atoms with Gasteiger partial charge in [-0.2, -0.15) is 31.4 Å². The van der Waals surface area contributed by atoms with Crippen LogP contribution in [0.1, 0.15) is 17.2 Å². The molecule has 5 nitrogen and oxygen atoms in total. The molecular weight excluding hydrogens is 391 g/mol. The van der Waals surface area contributed by atoms with Gasteiger partial charge >= 0.3 is 18.4 Å². The minimum Gasteiger partial charge on any atom is -0.426 e.